The molecule has 0 spiro atoms. The second-order valence-corrected chi connectivity index (χ2v) is 12.1. The summed E-state index contributed by atoms with van der Waals surface area (Å²) < 4.78 is 30.6. The summed E-state index contributed by atoms with van der Waals surface area (Å²) in [5.41, 5.74) is 8.67. The van der Waals surface area contributed by atoms with E-state index < -0.39 is 20.9 Å². The number of aliphatic imine (C=N–C) groups is 2. The molecule has 2 heterocycles. The van der Waals surface area contributed by atoms with Crippen molar-refractivity contribution in [3.8, 4) is 16.9 Å². The molecular formula is C27H24Cl2N4O3S. The molecule has 3 aromatic carbocycles. The highest BCUT2D eigenvalue weighted by Gasteiger charge is 2.49. The number of hydrogen-bond acceptors (Lipinski definition) is 7. The fourth-order valence-corrected chi connectivity index (χ4v) is 6.70. The van der Waals surface area contributed by atoms with E-state index in [1.807, 2.05) is 47.4 Å². The van der Waals surface area contributed by atoms with Gasteiger partial charge in [0.25, 0.3) is 0 Å². The van der Waals surface area contributed by atoms with E-state index in [9.17, 15) is 8.42 Å². The number of fused-ring (bicyclic) bond motifs is 1. The summed E-state index contributed by atoms with van der Waals surface area (Å²) >= 11 is 12.6. The Balaban J connectivity index is 1.52. The molecule has 1 saturated carbocycles. The third-order valence-corrected chi connectivity index (χ3v) is 8.96. The van der Waals surface area contributed by atoms with Crippen LogP contribution in [0.15, 0.2) is 76.7 Å². The van der Waals surface area contributed by atoms with Crippen LogP contribution in [0.2, 0.25) is 10.0 Å². The van der Waals surface area contributed by atoms with Crippen LogP contribution in [0.4, 0.5) is 0 Å². The lowest BCUT2D eigenvalue weighted by Gasteiger charge is -2.33. The number of nitrogens with zero attached hydrogens (tertiary/aromatic N) is 3. The van der Waals surface area contributed by atoms with Crippen LogP contribution in [-0.4, -0.2) is 43.5 Å². The normalized spacial score (nSPS) is 21.3. The maximum absolute atomic E-state index is 12.6. The minimum atomic E-state index is -3.68. The monoisotopic (exact) mass is 554 g/mol. The van der Waals surface area contributed by atoms with Crippen molar-refractivity contribution in [2.24, 2.45) is 15.7 Å². The highest BCUT2D eigenvalue weighted by molar-refractivity contribution is 7.88. The maximum atomic E-state index is 12.6. The average molecular weight is 555 g/mol. The van der Waals surface area contributed by atoms with E-state index in [1.165, 1.54) is 0 Å². The van der Waals surface area contributed by atoms with Gasteiger partial charge in [-0.25, -0.2) is 4.99 Å². The van der Waals surface area contributed by atoms with Gasteiger partial charge in [0.1, 0.15) is 11.6 Å². The van der Waals surface area contributed by atoms with Gasteiger partial charge in [-0.3, -0.25) is 9.89 Å². The van der Waals surface area contributed by atoms with E-state index in [1.54, 1.807) is 24.3 Å². The lowest BCUT2D eigenvalue weighted by atomic mass is 9.81. The topological polar surface area (TPSA) is 97.3 Å². The van der Waals surface area contributed by atoms with Crippen molar-refractivity contribution < 1.29 is 12.6 Å². The second-order valence-electron chi connectivity index (χ2n) is 9.43. The number of hydrogen-bond donors (Lipinski definition) is 1. The van der Waals surface area contributed by atoms with Crippen molar-refractivity contribution in [1.29, 1.82) is 0 Å². The SMILES string of the molecule is NC1=NC(c2cccc(OS(=O)(=O)C3CC3)c2)(c2cccc(-c3cc(Cl)cc(Cl)c3)c2)C2=NCCCN12. The predicted octanol–water partition coefficient (Wildman–Crippen LogP) is 5.21. The molecule has 1 fully saturated rings. The van der Waals surface area contributed by atoms with Crippen LogP contribution in [0.5, 0.6) is 5.75 Å². The van der Waals surface area contributed by atoms with Crippen LogP contribution in [0, 0.1) is 0 Å². The molecule has 0 aromatic heterocycles. The molecule has 1 unspecified atom stereocenters. The predicted molar refractivity (Wildman–Crippen MR) is 147 cm³/mol. The lowest BCUT2D eigenvalue weighted by Crippen LogP contribution is -2.46. The molecule has 190 valence electrons. The van der Waals surface area contributed by atoms with E-state index in [2.05, 4.69) is 0 Å². The van der Waals surface area contributed by atoms with Gasteiger partial charge in [-0.05, 0) is 77.9 Å². The van der Waals surface area contributed by atoms with Crippen LogP contribution < -0.4 is 9.92 Å². The summed E-state index contributed by atoms with van der Waals surface area (Å²) in [6, 6.07) is 20.3. The molecule has 2 aliphatic heterocycles. The molecule has 7 nitrogen and oxygen atoms in total. The van der Waals surface area contributed by atoms with E-state index >= 15 is 0 Å². The fourth-order valence-electron chi connectivity index (χ4n) is 4.95. The van der Waals surface area contributed by atoms with Gasteiger partial charge in [-0.2, -0.15) is 8.42 Å². The molecule has 0 radical (unpaired) electrons. The first-order chi connectivity index (χ1) is 17.8. The van der Waals surface area contributed by atoms with Crippen molar-refractivity contribution in [3.63, 3.8) is 0 Å². The first-order valence-electron chi connectivity index (χ1n) is 12.0. The standard InChI is InChI=1S/C27H24Cl2N4O3S/c28-21-13-18(14-22(29)16-21)17-4-1-5-19(12-17)27(25-31-10-3-11-33(25)26(30)32-27)20-6-2-7-23(15-20)36-37(34,35)24-8-9-24/h1-2,4-7,12-16,24H,3,8-11H2,(H2,30,32). The molecule has 1 aliphatic carbocycles. The van der Waals surface area contributed by atoms with E-state index in [-0.39, 0.29) is 5.75 Å². The van der Waals surface area contributed by atoms with Gasteiger partial charge in [-0.1, -0.05) is 53.5 Å². The van der Waals surface area contributed by atoms with E-state index in [0.29, 0.717) is 53.3 Å². The van der Waals surface area contributed by atoms with Gasteiger partial charge in [-0.15, -0.1) is 0 Å². The number of rotatable bonds is 6. The van der Waals surface area contributed by atoms with Gasteiger partial charge in [0.05, 0.1) is 5.25 Å². The zero-order valence-corrected chi connectivity index (χ0v) is 22.1. The van der Waals surface area contributed by atoms with Crippen LogP contribution >= 0.6 is 23.2 Å². The van der Waals surface area contributed by atoms with Gasteiger partial charge < -0.3 is 9.92 Å². The van der Waals surface area contributed by atoms with E-state index in [4.69, 9.17) is 43.1 Å². The number of halogens is 2. The summed E-state index contributed by atoms with van der Waals surface area (Å²) in [6.45, 7) is 1.35. The average Bonchev–Trinajstić information content (AvgIpc) is 3.69. The third kappa shape index (κ3) is 4.37. The Morgan fingerprint density at radius 3 is 2.38 bits per heavy atom. The van der Waals surface area contributed by atoms with Crippen LogP contribution in [0.1, 0.15) is 30.4 Å². The molecule has 3 aliphatic rings. The highest BCUT2D eigenvalue weighted by atomic mass is 35.5. The van der Waals surface area contributed by atoms with Crippen molar-refractivity contribution in [3.05, 3.63) is 87.9 Å². The smallest absolute Gasteiger partial charge is 0.312 e. The van der Waals surface area contributed by atoms with Crippen LogP contribution in [-0.2, 0) is 15.7 Å². The summed E-state index contributed by atoms with van der Waals surface area (Å²) in [4.78, 5) is 11.8. The second kappa shape index (κ2) is 9.04. The zero-order chi connectivity index (χ0) is 25.8. The van der Waals surface area contributed by atoms with Gasteiger partial charge in [0, 0.05) is 23.1 Å². The molecule has 1 atom stereocenters. The molecular weight excluding hydrogens is 531 g/mol. The lowest BCUT2D eigenvalue weighted by molar-refractivity contribution is 0.483. The number of nitrogens with two attached hydrogens (primary N) is 1. The fraction of sp³-hybridized carbons (Fsp3) is 0.259. The minimum absolute atomic E-state index is 0.241. The van der Waals surface area contributed by atoms with E-state index in [0.717, 1.165) is 23.1 Å². The molecule has 0 bridgehead atoms. The number of guanidine groups is 1. The third-order valence-electron chi connectivity index (χ3n) is 6.81. The largest absolute Gasteiger partial charge is 0.382 e. The Morgan fingerprint density at radius 2 is 1.65 bits per heavy atom. The van der Waals surface area contributed by atoms with Crippen molar-refractivity contribution in [2.75, 3.05) is 13.1 Å². The molecule has 0 saturated heterocycles. The highest BCUT2D eigenvalue weighted by Crippen LogP contribution is 2.44. The minimum Gasteiger partial charge on any atom is -0.382 e. The summed E-state index contributed by atoms with van der Waals surface area (Å²) in [5, 5.41) is 0.635. The van der Waals surface area contributed by atoms with Crippen molar-refractivity contribution in [2.45, 2.75) is 30.1 Å². The first-order valence-corrected chi connectivity index (χ1v) is 14.3. The van der Waals surface area contributed by atoms with Gasteiger partial charge in [0.15, 0.2) is 11.5 Å². The van der Waals surface area contributed by atoms with Crippen LogP contribution in [0.3, 0.4) is 0 Å². The number of benzene rings is 3. The first kappa shape index (κ1) is 24.3. The Kier molecular flexibility index (Phi) is 5.93. The van der Waals surface area contributed by atoms with Crippen molar-refractivity contribution >= 4 is 45.1 Å². The zero-order valence-electron chi connectivity index (χ0n) is 19.8. The molecule has 10 heteroatoms. The quantitative estimate of drug-likeness (QED) is 0.422. The number of amidine groups is 1. The molecule has 2 N–H and O–H groups in total. The molecule has 0 amide bonds. The Bertz CT molecular complexity index is 1550. The summed E-state index contributed by atoms with van der Waals surface area (Å²) in [6.07, 6.45) is 2.11. The molecule has 6 rings (SSSR count). The summed E-state index contributed by atoms with van der Waals surface area (Å²) in [7, 11) is -3.68. The Hall–Kier alpha value is -3.07. The Labute approximate surface area is 225 Å². The van der Waals surface area contributed by atoms with Crippen molar-refractivity contribution in [1.82, 2.24) is 4.90 Å². The van der Waals surface area contributed by atoms with Gasteiger partial charge >= 0.3 is 10.1 Å². The molecule has 3 aromatic rings. The van der Waals surface area contributed by atoms with Gasteiger partial charge in [0.2, 0.25) is 0 Å². The maximum Gasteiger partial charge on any atom is 0.312 e. The molecule has 37 heavy (non-hydrogen) atoms. The summed E-state index contributed by atoms with van der Waals surface area (Å²) in [5.74, 6) is 1.32. The van der Waals surface area contributed by atoms with Crippen LogP contribution in [0.25, 0.3) is 11.1 Å². The Morgan fingerprint density at radius 1 is 0.946 bits per heavy atom.